The minimum atomic E-state index is -0.392. The van der Waals surface area contributed by atoms with Gasteiger partial charge in [0.25, 0.3) is 11.8 Å². The van der Waals surface area contributed by atoms with Crippen LogP contribution in [0, 0.1) is 11.6 Å². The molecule has 5 aromatic rings. The molecule has 1 atom stereocenters. The Morgan fingerprint density at radius 1 is 1.05 bits per heavy atom. The molecule has 1 fully saturated rings. The summed E-state index contributed by atoms with van der Waals surface area (Å²) in [6, 6.07) is 15.3. The molecular formula is C32H28F2N4O4S. The number of benzene rings is 3. The van der Waals surface area contributed by atoms with E-state index in [1.165, 1.54) is 30.5 Å². The highest BCUT2D eigenvalue weighted by atomic mass is 32.1. The zero-order chi connectivity index (χ0) is 30.2. The quantitative estimate of drug-likeness (QED) is 0.210. The number of fused-ring (bicyclic) bond motifs is 1. The summed E-state index contributed by atoms with van der Waals surface area (Å²) < 4.78 is 40.4. The van der Waals surface area contributed by atoms with Gasteiger partial charge in [0.15, 0.2) is 5.69 Å². The zero-order valence-corrected chi connectivity index (χ0v) is 24.3. The molecule has 2 amide bonds. The first-order valence-corrected chi connectivity index (χ1v) is 14.1. The van der Waals surface area contributed by atoms with Crippen LogP contribution in [0.15, 0.2) is 75.8 Å². The molecule has 43 heavy (non-hydrogen) atoms. The number of nitrogens with zero attached hydrogens (tertiary/aromatic N) is 3. The van der Waals surface area contributed by atoms with E-state index < -0.39 is 5.82 Å². The second-order valence-corrected chi connectivity index (χ2v) is 11.1. The Labute approximate surface area is 251 Å². The Morgan fingerprint density at radius 2 is 1.72 bits per heavy atom. The maximum atomic E-state index is 13.6. The van der Waals surface area contributed by atoms with Gasteiger partial charge >= 0.3 is 0 Å². The number of thiol groups is 1. The minimum Gasteiger partial charge on any atom is -0.455 e. The number of amides is 2. The van der Waals surface area contributed by atoms with Gasteiger partial charge in [0, 0.05) is 55.7 Å². The fourth-order valence-corrected chi connectivity index (χ4v) is 5.76. The number of carbonyl (C=O) groups excluding carboxylic acids is 2. The number of hydrogen-bond acceptors (Lipinski definition) is 7. The molecule has 1 aliphatic rings. The lowest BCUT2D eigenvalue weighted by Crippen LogP contribution is -2.39. The normalized spacial score (nSPS) is 15.1. The summed E-state index contributed by atoms with van der Waals surface area (Å²) >= 11 is 4.58. The van der Waals surface area contributed by atoms with E-state index in [-0.39, 0.29) is 35.1 Å². The third kappa shape index (κ3) is 5.48. The van der Waals surface area contributed by atoms with Crippen LogP contribution in [0.5, 0.6) is 0 Å². The molecule has 0 radical (unpaired) electrons. The van der Waals surface area contributed by atoms with Gasteiger partial charge in [-0.2, -0.15) is 0 Å². The number of rotatable bonds is 6. The standard InChI is InChI=1S/C32H28F2N4O4S/c1-35-30(39)28-24-14-23(26(37(2)43)15-27(24)42-29(28)18-5-9-21(33)10-6-18)20-4-3-13-38(16-20)32(40)25-17-41-31(36-25)19-7-11-22(34)12-8-19/h5-12,14-15,17,20,43H,3-4,13,16H2,1-2H3,(H,35,39)/t20-/m1/s1. The van der Waals surface area contributed by atoms with Gasteiger partial charge in [0.2, 0.25) is 5.89 Å². The summed E-state index contributed by atoms with van der Waals surface area (Å²) in [5.74, 6) is -0.869. The number of carbonyl (C=O) groups is 2. The van der Waals surface area contributed by atoms with Crippen LogP contribution in [0.3, 0.4) is 0 Å². The third-order valence-electron chi connectivity index (χ3n) is 7.71. The van der Waals surface area contributed by atoms with Crippen molar-refractivity contribution in [3.63, 3.8) is 0 Å². The lowest BCUT2D eigenvalue weighted by atomic mass is 9.88. The fraction of sp³-hybridized carbons (Fsp3) is 0.219. The average Bonchev–Trinajstić information content (AvgIpc) is 3.66. The molecule has 3 heterocycles. The van der Waals surface area contributed by atoms with E-state index in [9.17, 15) is 18.4 Å². The van der Waals surface area contributed by atoms with Crippen molar-refractivity contribution in [3.05, 3.63) is 95.4 Å². The van der Waals surface area contributed by atoms with Crippen LogP contribution in [0.4, 0.5) is 14.5 Å². The summed E-state index contributed by atoms with van der Waals surface area (Å²) in [4.78, 5) is 32.7. The maximum Gasteiger partial charge on any atom is 0.275 e. The van der Waals surface area contributed by atoms with Gasteiger partial charge in [-0.1, -0.05) is 12.8 Å². The number of nitrogens with one attached hydrogen (secondary N) is 1. The molecule has 0 saturated carbocycles. The summed E-state index contributed by atoms with van der Waals surface area (Å²) in [5, 5.41) is 3.30. The third-order valence-corrected chi connectivity index (χ3v) is 7.92. The van der Waals surface area contributed by atoms with E-state index in [0.717, 1.165) is 24.1 Å². The minimum absolute atomic E-state index is 0.0723. The molecule has 6 rings (SSSR count). The maximum absolute atomic E-state index is 13.6. The molecule has 0 bridgehead atoms. The highest BCUT2D eigenvalue weighted by Crippen LogP contribution is 2.42. The first-order valence-electron chi connectivity index (χ1n) is 13.7. The Balaban J connectivity index is 1.35. The van der Waals surface area contributed by atoms with E-state index in [1.807, 2.05) is 12.1 Å². The van der Waals surface area contributed by atoms with Crippen LogP contribution in [0.25, 0.3) is 33.7 Å². The Kier molecular flexibility index (Phi) is 7.66. The molecule has 1 aliphatic heterocycles. The predicted molar refractivity (Wildman–Crippen MR) is 162 cm³/mol. The molecule has 11 heteroatoms. The molecule has 0 unspecified atom stereocenters. The molecule has 1 saturated heterocycles. The lowest BCUT2D eigenvalue weighted by Gasteiger charge is -2.34. The van der Waals surface area contributed by atoms with Gasteiger partial charge in [-0.3, -0.25) is 9.59 Å². The average molecular weight is 603 g/mol. The number of likely N-dealkylation sites (tertiary alicyclic amines) is 1. The van der Waals surface area contributed by atoms with Crippen molar-refractivity contribution >= 4 is 41.3 Å². The van der Waals surface area contributed by atoms with E-state index in [0.29, 0.717) is 46.5 Å². The number of aromatic nitrogens is 1. The second kappa shape index (κ2) is 11.6. The number of piperidine rings is 1. The van der Waals surface area contributed by atoms with Crippen molar-refractivity contribution in [1.82, 2.24) is 15.2 Å². The van der Waals surface area contributed by atoms with E-state index in [2.05, 4.69) is 23.1 Å². The highest BCUT2D eigenvalue weighted by Gasteiger charge is 2.31. The monoisotopic (exact) mass is 602 g/mol. The van der Waals surface area contributed by atoms with Gasteiger partial charge in [-0.15, -0.1) is 0 Å². The Hall–Kier alpha value is -4.64. The molecular weight excluding hydrogens is 574 g/mol. The van der Waals surface area contributed by atoms with Crippen LogP contribution in [0.1, 0.15) is 45.2 Å². The molecule has 2 aromatic heterocycles. The van der Waals surface area contributed by atoms with Crippen molar-refractivity contribution in [2.75, 3.05) is 31.5 Å². The van der Waals surface area contributed by atoms with Gasteiger partial charge < -0.3 is 23.4 Å². The SMILES string of the molecule is CNC(=O)c1c(-c2ccc(F)cc2)oc2cc(N(C)S)c([C@@H]3CCCN(C(=O)c4coc(-c5ccc(F)cc5)n4)C3)cc12. The van der Waals surface area contributed by atoms with Gasteiger partial charge in [0.05, 0.1) is 11.3 Å². The van der Waals surface area contributed by atoms with Crippen molar-refractivity contribution in [2.24, 2.45) is 0 Å². The molecule has 0 aliphatic carbocycles. The van der Waals surface area contributed by atoms with Crippen LogP contribution in [-0.4, -0.2) is 48.9 Å². The van der Waals surface area contributed by atoms with Crippen LogP contribution < -0.4 is 9.62 Å². The number of halogens is 2. The predicted octanol–water partition coefficient (Wildman–Crippen LogP) is 6.69. The largest absolute Gasteiger partial charge is 0.455 e. The summed E-state index contributed by atoms with van der Waals surface area (Å²) in [6.07, 6.45) is 2.88. The summed E-state index contributed by atoms with van der Waals surface area (Å²) in [6.45, 7) is 0.960. The number of oxazole rings is 1. The van der Waals surface area contributed by atoms with Gasteiger partial charge in [-0.25, -0.2) is 13.8 Å². The van der Waals surface area contributed by atoms with Crippen molar-refractivity contribution in [1.29, 1.82) is 0 Å². The van der Waals surface area contributed by atoms with E-state index in [4.69, 9.17) is 8.83 Å². The molecule has 1 N–H and O–H groups in total. The molecule has 220 valence electrons. The second-order valence-electron chi connectivity index (χ2n) is 10.5. The van der Waals surface area contributed by atoms with Crippen molar-refractivity contribution in [3.8, 4) is 22.8 Å². The number of anilines is 1. The fourth-order valence-electron chi connectivity index (χ4n) is 5.59. The first-order chi connectivity index (χ1) is 20.7. The molecule has 3 aromatic carbocycles. The number of hydrogen-bond donors (Lipinski definition) is 2. The Bertz CT molecular complexity index is 1820. The van der Waals surface area contributed by atoms with Gasteiger partial charge in [0.1, 0.15) is 29.2 Å². The first kappa shape index (κ1) is 28.5. The van der Waals surface area contributed by atoms with E-state index in [1.54, 1.807) is 47.6 Å². The summed E-state index contributed by atoms with van der Waals surface area (Å²) in [5.41, 5.74) is 3.82. The smallest absolute Gasteiger partial charge is 0.275 e. The van der Waals surface area contributed by atoms with Crippen LogP contribution in [0.2, 0.25) is 0 Å². The van der Waals surface area contributed by atoms with Crippen LogP contribution >= 0.6 is 12.8 Å². The zero-order valence-electron chi connectivity index (χ0n) is 23.4. The van der Waals surface area contributed by atoms with E-state index >= 15 is 0 Å². The number of furan rings is 1. The summed E-state index contributed by atoms with van der Waals surface area (Å²) in [7, 11) is 3.35. The molecule has 8 nitrogen and oxygen atoms in total. The molecule has 0 spiro atoms. The topological polar surface area (TPSA) is 91.8 Å². The van der Waals surface area contributed by atoms with Crippen molar-refractivity contribution in [2.45, 2.75) is 18.8 Å². The van der Waals surface area contributed by atoms with Crippen molar-refractivity contribution < 1.29 is 27.2 Å². The highest BCUT2D eigenvalue weighted by molar-refractivity contribution is 7.81. The van der Waals surface area contributed by atoms with Gasteiger partial charge in [-0.05, 0) is 73.0 Å². The van der Waals surface area contributed by atoms with Crippen LogP contribution in [-0.2, 0) is 0 Å². The lowest BCUT2D eigenvalue weighted by molar-refractivity contribution is 0.0701. The Morgan fingerprint density at radius 3 is 2.37 bits per heavy atom.